The molecule has 1 saturated heterocycles. The van der Waals surface area contributed by atoms with Gasteiger partial charge < -0.3 is 20.9 Å². The lowest BCUT2D eigenvalue weighted by Gasteiger charge is -2.35. The molecule has 0 aromatic rings. The van der Waals surface area contributed by atoms with Gasteiger partial charge in [-0.05, 0) is 33.1 Å². The number of rotatable bonds is 6. The van der Waals surface area contributed by atoms with Crippen molar-refractivity contribution >= 4 is 35.8 Å². The topological polar surface area (TPSA) is 68.8 Å². The lowest BCUT2D eigenvalue weighted by molar-refractivity contribution is -0.120. The van der Waals surface area contributed by atoms with E-state index < -0.39 is 0 Å². The standard InChI is InChI=1S/C15H31N5O.HI/c1-5-8-17-14(21)11-18-15(16-4)19-13-6-9-20(10-7-13)12(2)3;/h12-13H,5-11H2,1-4H3,(H,17,21)(H2,16,18,19);1H. The van der Waals surface area contributed by atoms with Gasteiger partial charge in [-0.25, -0.2) is 0 Å². The predicted octanol–water partition coefficient (Wildman–Crippen LogP) is 1.17. The molecule has 22 heavy (non-hydrogen) atoms. The summed E-state index contributed by atoms with van der Waals surface area (Å²) in [6.07, 6.45) is 3.18. The van der Waals surface area contributed by atoms with Gasteiger partial charge in [0, 0.05) is 38.8 Å². The maximum Gasteiger partial charge on any atom is 0.239 e. The largest absolute Gasteiger partial charge is 0.355 e. The Bertz CT molecular complexity index is 341. The zero-order valence-corrected chi connectivity index (χ0v) is 16.6. The first-order chi connectivity index (χ1) is 10.1. The Balaban J connectivity index is 0.00000441. The monoisotopic (exact) mass is 425 g/mol. The Morgan fingerprint density at radius 2 is 1.91 bits per heavy atom. The Labute approximate surface area is 151 Å². The number of halogens is 1. The van der Waals surface area contributed by atoms with Gasteiger partial charge in [0.15, 0.2) is 5.96 Å². The van der Waals surface area contributed by atoms with Crippen molar-refractivity contribution in [2.75, 3.05) is 33.2 Å². The van der Waals surface area contributed by atoms with Crippen molar-refractivity contribution in [3.63, 3.8) is 0 Å². The lowest BCUT2D eigenvalue weighted by Crippen LogP contribution is -2.51. The molecule has 0 spiro atoms. The molecule has 0 aliphatic carbocycles. The van der Waals surface area contributed by atoms with Crippen LogP contribution >= 0.6 is 24.0 Å². The van der Waals surface area contributed by atoms with Gasteiger partial charge in [0.05, 0.1) is 6.54 Å². The molecule has 1 amide bonds. The van der Waals surface area contributed by atoms with E-state index in [0.717, 1.165) is 38.9 Å². The van der Waals surface area contributed by atoms with Crippen LogP contribution in [0.5, 0.6) is 0 Å². The molecule has 1 rings (SSSR count). The highest BCUT2D eigenvalue weighted by Gasteiger charge is 2.21. The lowest BCUT2D eigenvalue weighted by atomic mass is 10.0. The fraction of sp³-hybridized carbons (Fsp3) is 0.867. The van der Waals surface area contributed by atoms with Gasteiger partial charge in [0.2, 0.25) is 5.91 Å². The minimum atomic E-state index is 0. The number of piperidine rings is 1. The second kappa shape index (κ2) is 11.9. The number of amides is 1. The number of hydrogen-bond acceptors (Lipinski definition) is 3. The summed E-state index contributed by atoms with van der Waals surface area (Å²) in [7, 11) is 1.74. The zero-order chi connectivity index (χ0) is 15.7. The fourth-order valence-corrected chi connectivity index (χ4v) is 2.44. The first-order valence-electron chi connectivity index (χ1n) is 8.04. The molecule has 1 heterocycles. The first-order valence-corrected chi connectivity index (χ1v) is 8.04. The number of guanidine groups is 1. The molecule has 0 radical (unpaired) electrons. The molecule has 0 saturated carbocycles. The molecule has 0 aromatic carbocycles. The molecule has 0 atom stereocenters. The Hall–Kier alpha value is -0.570. The highest BCUT2D eigenvalue weighted by Crippen LogP contribution is 2.12. The van der Waals surface area contributed by atoms with Crippen LogP contribution in [0.2, 0.25) is 0 Å². The van der Waals surface area contributed by atoms with E-state index in [1.54, 1.807) is 7.05 Å². The van der Waals surface area contributed by atoms with Gasteiger partial charge in [-0.2, -0.15) is 0 Å². The molecule has 6 nitrogen and oxygen atoms in total. The van der Waals surface area contributed by atoms with Crippen molar-refractivity contribution < 1.29 is 4.79 Å². The highest BCUT2D eigenvalue weighted by molar-refractivity contribution is 14.0. The predicted molar refractivity (Wildman–Crippen MR) is 103 cm³/mol. The SMILES string of the molecule is CCCNC(=O)CNC(=NC)NC1CCN(C(C)C)CC1.I. The Morgan fingerprint density at radius 1 is 1.27 bits per heavy atom. The Kier molecular flexibility index (Phi) is 11.6. The van der Waals surface area contributed by atoms with E-state index in [1.807, 2.05) is 6.92 Å². The van der Waals surface area contributed by atoms with Gasteiger partial charge in [-0.1, -0.05) is 6.92 Å². The van der Waals surface area contributed by atoms with Crippen LogP contribution in [-0.2, 0) is 4.79 Å². The molecule has 0 aromatic heterocycles. The van der Waals surface area contributed by atoms with Crippen LogP contribution in [0.15, 0.2) is 4.99 Å². The Morgan fingerprint density at radius 3 is 2.41 bits per heavy atom. The average molecular weight is 425 g/mol. The van der Waals surface area contributed by atoms with Crippen LogP contribution in [0.1, 0.15) is 40.0 Å². The summed E-state index contributed by atoms with van der Waals surface area (Å²) in [5, 5.41) is 9.32. The zero-order valence-electron chi connectivity index (χ0n) is 14.3. The van der Waals surface area contributed by atoms with Gasteiger partial charge in [0.1, 0.15) is 0 Å². The van der Waals surface area contributed by atoms with Crippen LogP contribution in [0.3, 0.4) is 0 Å². The molecular formula is C15H32IN5O. The van der Waals surface area contributed by atoms with Crippen molar-refractivity contribution in [3.05, 3.63) is 0 Å². The molecule has 7 heteroatoms. The summed E-state index contributed by atoms with van der Waals surface area (Å²) in [5.74, 6) is 0.721. The van der Waals surface area contributed by atoms with E-state index in [-0.39, 0.29) is 36.4 Å². The van der Waals surface area contributed by atoms with Crippen molar-refractivity contribution in [1.82, 2.24) is 20.9 Å². The van der Waals surface area contributed by atoms with Gasteiger partial charge >= 0.3 is 0 Å². The third-order valence-corrected chi connectivity index (χ3v) is 3.81. The number of aliphatic imine (C=N–C) groups is 1. The molecule has 1 aliphatic rings. The summed E-state index contributed by atoms with van der Waals surface area (Å²) < 4.78 is 0. The van der Waals surface area contributed by atoms with Crippen molar-refractivity contribution in [1.29, 1.82) is 0 Å². The minimum Gasteiger partial charge on any atom is -0.355 e. The number of nitrogens with zero attached hydrogens (tertiary/aromatic N) is 2. The van der Waals surface area contributed by atoms with E-state index >= 15 is 0 Å². The van der Waals surface area contributed by atoms with Crippen molar-refractivity contribution in [3.8, 4) is 0 Å². The molecule has 3 N–H and O–H groups in total. The van der Waals surface area contributed by atoms with Gasteiger partial charge in [-0.15, -0.1) is 24.0 Å². The molecule has 1 aliphatic heterocycles. The van der Waals surface area contributed by atoms with E-state index in [1.165, 1.54) is 0 Å². The molecule has 0 unspecified atom stereocenters. The number of nitrogens with one attached hydrogen (secondary N) is 3. The minimum absolute atomic E-state index is 0. The molecular weight excluding hydrogens is 393 g/mol. The summed E-state index contributed by atoms with van der Waals surface area (Å²) in [4.78, 5) is 18.3. The maximum atomic E-state index is 11.6. The van der Waals surface area contributed by atoms with Crippen molar-refractivity contribution in [2.24, 2.45) is 4.99 Å². The number of carbonyl (C=O) groups is 1. The maximum absolute atomic E-state index is 11.6. The second-order valence-electron chi connectivity index (χ2n) is 5.82. The number of hydrogen-bond donors (Lipinski definition) is 3. The van der Waals surface area contributed by atoms with Crippen LogP contribution in [0.4, 0.5) is 0 Å². The second-order valence-corrected chi connectivity index (χ2v) is 5.82. The average Bonchev–Trinajstić information content (AvgIpc) is 2.49. The number of likely N-dealkylation sites (tertiary alicyclic amines) is 1. The molecule has 0 bridgehead atoms. The summed E-state index contributed by atoms with van der Waals surface area (Å²) in [5.41, 5.74) is 0. The van der Waals surface area contributed by atoms with Crippen LogP contribution in [0, 0.1) is 0 Å². The third kappa shape index (κ3) is 8.17. The fourth-order valence-electron chi connectivity index (χ4n) is 2.44. The van der Waals surface area contributed by atoms with E-state index in [4.69, 9.17) is 0 Å². The quantitative estimate of drug-likeness (QED) is 0.340. The van der Waals surface area contributed by atoms with Gasteiger partial charge in [0.25, 0.3) is 0 Å². The first kappa shape index (κ1) is 21.4. The summed E-state index contributed by atoms with van der Waals surface area (Å²) in [6.45, 7) is 9.74. The van der Waals surface area contributed by atoms with Crippen molar-refractivity contribution in [2.45, 2.75) is 52.1 Å². The third-order valence-electron chi connectivity index (χ3n) is 3.81. The number of carbonyl (C=O) groups excluding carboxylic acids is 1. The van der Waals surface area contributed by atoms with Crippen LogP contribution in [-0.4, -0.2) is 62.1 Å². The van der Waals surface area contributed by atoms with E-state index in [0.29, 0.717) is 18.0 Å². The smallest absolute Gasteiger partial charge is 0.239 e. The van der Waals surface area contributed by atoms with Gasteiger partial charge in [-0.3, -0.25) is 9.79 Å². The molecule has 1 fully saturated rings. The molecule has 130 valence electrons. The highest BCUT2D eigenvalue weighted by atomic mass is 127. The summed E-state index contributed by atoms with van der Waals surface area (Å²) in [6, 6.07) is 1.05. The van der Waals surface area contributed by atoms with Crippen LogP contribution < -0.4 is 16.0 Å². The van der Waals surface area contributed by atoms with E-state index in [2.05, 4.69) is 39.7 Å². The van der Waals surface area contributed by atoms with Crippen LogP contribution in [0.25, 0.3) is 0 Å². The summed E-state index contributed by atoms with van der Waals surface area (Å²) >= 11 is 0. The normalized spacial score (nSPS) is 17.0. The van der Waals surface area contributed by atoms with E-state index in [9.17, 15) is 4.79 Å².